The molecule has 0 saturated heterocycles. The summed E-state index contributed by atoms with van der Waals surface area (Å²) in [4.78, 5) is 11.6. The van der Waals surface area contributed by atoms with E-state index in [0.29, 0.717) is 0 Å². The lowest BCUT2D eigenvalue weighted by Gasteiger charge is -2.13. The van der Waals surface area contributed by atoms with Gasteiger partial charge in [0.25, 0.3) is 0 Å². The Morgan fingerprint density at radius 2 is 1.77 bits per heavy atom. The highest BCUT2D eigenvalue weighted by molar-refractivity contribution is 5.89. The smallest absolute Gasteiger partial charge is 0.319 e. The second-order valence-corrected chi connectivity index (χ2v) is 4.50. The molecule has 2 aromatic carbocycles. The van der Waals surface area contributed by atoms with Gasteiger partial charge in [0.1, 0.15) is 5.82 Å². The molecule has 116 valence electrons. The van der Waals surface area contributed by atoms with Crippen LogP contribution in [0.15, 0.2) is 42.5 Å². The van der Waals surface area contributed by atoms with Crippen molar-refractivity contribution in [3.05, 3.63) is 65.5 Å². The normalized spacial score (nSPS) is 11.8. The van der Waals surface area contributed by atoms with Gasteiger partial charge in [0, 0.05) is 23.9 Å². The van der Waals surface area contributed by atoms with Gasteiger partial charge in [-0.15, -0.1) is 0 Å². The molecule has 4 nitrogen and oxygen atoms in total. The number of hydrogen-bond donors (Lipinski definition) is 3. The molecule has 0 aliphatic rings. The molecule has 22 heavy (non-hydrogen) atoms. The molecule has 1 unspecified atom stereocenters. The minimum Gasteiger partial charge on any atom is -0.386 e. The van der Waals surface area contributed by atoms with Gasteiger partial charge in [-0.1, -0.05) is 18.2 Å². The standard InChI is InChI=1S/C15H13F3N2O2/c16-11-4-2-1-3-10(11)14(21)8-19-15(22)20-9-5-6-12(17)13(18)7-9/h1-7,14,21H,8H2,(H2,19,20,22). The highest BCUT2D eigenvalue weighted by atomic mass is 19.2. The van der Waals surface area contributed by atoms with Gasteiger partial charge in [-0.3, -0.25) is 0 Å². The lowest BCUT2D eigenvalue weighted by Crippen LogP contribution is -2.32. The highest BCUT2D eigenvalue weighted by Crippen LogP contribution is 2.16. The van der Waals surface area contributed by atoms with Crippen molar-refractivity contribution in [1.82, 2.24) is 5.32 Å². The van der Waals surface area contributed by atoms with Crippen molar-refractivity contribution < 1.29 is 23.1 Å². The van der Waals surface area contributed by atoms with Crippen molar-refractivity contribution in [3.63, 3.8) is 0 Å². The molecule has 0 aliphatic carbocycles. The Morgan fingerprint density at radius 3 is 2.45 bits per heavy atom. The lowest BCUT2D eigenvalue weighted by molar-refractivity contribution is 0.170. The Kier molecular flexibility index (Phi) is 5.00. The highest BCUT2D eigenvalue weighted by Gasteiger charge is 2.13. The predicted octanol–water partition coefficient (Wildman–Crippen LogP) is 2.96. The van der Waals surface area contributed by atoms with Gasteiger partial charge in [-0.25, -0.2) is 18.0 Å². The summed E-state index contributed by atoms with van der Waals surface area (Å²) < 4.78 is 39.2. The van der Waals surface area contributed by atoms with Crippen LogP contribution in [-0.4, -0.2) is 17.7 Å². The van der Waals surface area contributed by atoms with Crippen LogP contribution in [0, 0.1) is 17.5 Å². The lowest BCUT2D eigenvalue weighted by atomic mass is 10.1. The zero-order valence-electron chi connectivity index (χ0n) is 11.3. The molecule has 0 radical (unpaired) electrons. The first-order valence-corrected chi connectivity index (χ1v) is 6.40. The maximum Gasteiger partial charge on any atom is 0.319 e. The minimum absolute atomic E-state index is 0.0515. The summed E-state index contributed by atoms with van der Waals surface area (Å²) >= 11 is 0. The number of amides is 2. The molecule has 0 bridgehead atoms. The third kappa shape index (κ3) is 3.98. The number of urea groups is 1. The molecule has 0 aromatic heterocycles. The van der Waals surface area contributed by atoms with Crippen molar-refractivity contribution in [2.24, 2.45) is 0 Å². The molecule has 0 spiro atoms. The van der Waals surface area contributed by atoms with E-state index in [-0.39, 0.29) is 17.8 Å². The van der Waals surface area contributed by atoms with Crippen LogP contribution in [0.5, 0.6) is 0 Å². The number of rotatable bonds is 4. The quantitative estimate of drug-likeness (QED) is 0.813. The van der Waals surface area contributed by atoms with E-state index in [1.165, 1.54) is 24.3 Å². The number of aliphatic hydroxyl groups is 1. The van der Waals surface area contributed by atoms with Crippen molar-refractivity contribution in [3.8, 4) is 0 Å². The fraction of sp³-hybridized carbons (Fsp3) is 0.133. The molecule has 0 aliphatic heterocycles. The second kappa shape index (κ2) is 6.95. The molecule has 2 aromatic rings. The molecule has 0 heterocycles. The first kappa shape index (κ1) is 15.8. The summed E-state index contributed by atoms with van der Waals surface area (Å²) in [7, 11) is 0. The molecular formula is C15H13F3N2O2. The van der Waals surface area contributed by atoms with Gasteiger partial charge < -0.3 is 15.7 Å². The van der Waals surface area contributed by atoms with E-state index in [1.807, 2.05) is 0 Å². The molecule has 3 N–H and O–H groups in total. The van der Waals surface area contributed by atoms with E-state index in [0.717, 1.165) is 12.1 Å². The Labute approximate surface area is 124 Å². The topological polar surface area (TPSA) is 61.4 Å². The van der Waals surface area contributed by atoms with E-state index in [1.54, 1.807) is 6.07 Å². The Bertz CT molecular complexity index is 680. The SMILES string of the molecule is O=C(NCC(O)c1ccccc1F)Nc1ccc(F)c(F)c1. The first-order valence-electron chi connectivity index (χ1n) is 6.40. The van der Waals surface area contributed by atoms with Gasteiger partial charge >= 0.3 is 6.03 Å². The van der Waals surface area contributed by atoms with Crippen LogP contribution in [0.4, 0.5) is 23.7 Å². The summed E-state index contributed by atoms with van der Waals surface area (Å²) in [6.45, 7) is -0.240. The molecule has 0 fully saturated rings. The van der Waals surface area contributed by atoms with E-state index in [9.17, 15) is 23.1 Å². The Balaban J connectivity index is 1.90. The average Bonchev–Trinajstić information content (AvgIpc) is 2.49. The Hall–Kier alpha value is -2.54. The number of carbonyl (C=O) groups excluding carboxylic acids is 1. The minimum atomic E-state index is -1.23. The van der Waals surface area contributed by atoms with Crippen LogP contribution in [0.3, 0.4) is 0 Å². The summed E-state index contributed by atoms with van der Waals surface area (Å²) in [6, 6.07) is 7.78. The fourth-order valence-corrected chi connectivity index (χ4v) is 1.79. The van der Waals surface area contributed by atoms with E-state index >= 15 is 0 Å². The molecular weight excluding hydrogens is 297 g/mol. The van der Waals surface area contributed by atoms with Gasteiger partial charge in [-0.05, 0) is 18.2 Å². The zero-order chi connectivity index (χ0) is 16.1. The number of anilines is 1. The van der Waals surface area contributed by atoms with E-state index < -0.39 is 29.6 Å². The van der Waals surface area contributed by atoms with E-state index in [2.05, 4.69) is 10.6 Å². The third-order valence-corrected chi connectivity index (χ3v) is 2.90. The van der Waals surface area contributed by atoms with Gasteiger partial charge in [0.05, 0.1) is 6.10 Å². The number of halogens is 3. The molecule has 2 amide bonds. The van der Waals surface area contributed by atoms with Crippen LogP contribution in [0.25, 0.3) is 0 Å². The zero-order valence-corrected chi connectivity index (χ0v) is 11.3. The maximum absolute atomic E-state index is 13.4. The van der Waals surface area contributed by atoms with Crippen LogP contribution in [0.1, 0.15) is 11.7 Å². The van der Waals surface area contributed by atoms with Gasteiger partial charge in [0.2, 0.25) is 0 Å². The number of nitrogens with one attached hydrogen (secondary N) is 2. The van der Waals surface area contributed by atoms with Gasteiger partial charge in [0.15, 0.2) is 11.6 Å². The van der Waals surface area contributed by atoms with Crippen LogP contribution >= 0.6 is 0 Å². The van der Waals surface area contributed by atoms with E-state index in [4.69, 9.17) is 0 Å². The van der Waals surface area contributed by atoms with Crippen molar-refractivity contribution in [1.29, 1.82) is 0 Å². The van der Waals surface area contributed by atoms with Crippen LogP contribution < -0.4 is 10.6 Å². The molecule has 1 atom stereocenters. The summed E-state index contributed by atoms with van der Waals surface area (Å²) in [5, 5.41) is 14.4. The monoisotopic (exact) mass is 310 g/mol. The van der Waals surface area contributed by atoms with Crippen LogP contribution in [0.2, 0.25) is 0 Å². The van der Waals surface area contributed by atoms with Crippen molar-refractivity contribution in [2.75, 3.05) is 11.9 Å². The third-order valence-electron chi connectivity index (χ3n) is 2.90. The van der Waals surface area contributed by atoms with Crippen LogP contribution in [-0.2, 0) is 0 Å². The second-order valence-electron chi connectivity index (χ2n) is 4.50. The molecule has 0 saturated carbocycles. The molecule has 2 rings (SSSR count). The summed E-state index contributed by atoms with van der Waals surface area (Å²) in [5.74, 6) is -2.71. The van der Waals surface area contributed by atoms with Crippen molar-refractivity contribution >= 4 is 11.7 Å². The number of hydrogen-bond acceptors (Lipinski definition) is 2. The number of aliphatic hydroxyl groups excluding tert-OH is 1. The predicted molar refractivity (Wildman–Crippen MR) is 74.7 cm³/mol. The maximum atomic E-state index is 13.4. The van der Waals surface area contributed by atoms with Crippen molar-refractivity contribution in [2.45, 2.75) is 6.10 Å². The number of carbonyl (C=O) groups is 1. The Morgan fingerprint density at radius 1 is 1.05 bits per heavy atom. The summed E-state index contributed by atoms with van der Waals surface area (Å²) in [6.07, 6.45) is -1.23. The van der Waals surface area contributed by atoms with Gasteiger partial charge in [-0.2, -0.15) is 0 Å². The fourth-order valence-electron chi connectivity index (χ4n) is 1.79. The largest absolute Gasteiger partial charge is 0.386 e. The molecule has 7 heteroatoms. The number of benzene rings is 2. The first-order chi connectivity index (χ1) is 10.5. The average molecular weight is 310 g/mol. The summed E-state index contributed by atoms with van der Waals surface area (Å²) in [5.41, 5.74) is 0.104.